The Bertz CT molecular complexity index is 1300. The lowest BCUT2D eigenvalue weighted by molar-refractivity contribution is 0.0240. The van der Waals surface area contributed by atoms with Crippen LogP contribution in [-0.2, 0) is 17.7 Å². The van der Waals surface area contributed by atoms with Crippen LogP contribution in [-0.4, -0.2) is 72.7 Å². The summed E-state index contributed by atoms with van der Waals surface area (Å²) in [6.45, 7) is 9.96. The average Bonchev–Trinajstić information content (AvgIpc) is 2.90. The molecule has 8 nitrogen and oxygen atoms in total. The molecule has 37 heavy (non-hydrogen) atoms. The number of fused-ring (bicyclic) bond motifs is 2. The van der Waals surface area contributed by atoms with Gasteiger partial charge in [-0.1, -0.05) is 36.0 Å². The number of benzene rings is 2. The molecule has 2 aliphatic heterocycles. The van der Waals surface area contributed by atoms with E-state index >= 15 is 0 Å². The fraction of sp³-hybridized carbons (Fsp3) is 0.464. The van der Waals surface area contributed by atoms with Gasteiger partial charge in [0, 0.05) is 55.4 Å². The summed E-state index contributed by atoms with van der Waals surface area (Å²) < 4.78 is 11.2. The summed E-state index contributed by atoms with van der Waals surface area (Å²) in [5.41, 5.74) is 2.96. The highest BCUT2D eigenvalue weighted by Gasteiger charge is 2.30. The molecule has 0 atom stereocenters. The van der Waals surface area contributed by atoms with E-state index in [1.165, 1.54) is 16.3 Å². The number of carbonyl (C=O) groups excluding carboxylic acids is 1. The molecule has 0 aliphatic carbocycles. The zero-order valence-corrected chi connectivity index (χ0v) is 23.1. The Morgan fingerprint density at radius 2 is 1.76 bits per heavy atom. The lowest BCUT2D eigenvalue weighted by Gasteiger charge is -2.38. The number of piperazine rings is 1. The number of aromatic nitrogens is 2. The third-order valence-electron chi connectivity index (χ3n) is 6.83. The first-order valence-corrected chi connectivity index (χ1v) is 14.0. The van der Waals surface area contributed by atoms with E-state index in [2.05, 4.69) is 46.2 Å². The number of hydrogen-bond donors (Lipinski definition) is 0. The maximum Gasteiger partial charge on any atom is 0.410 e. The zero-order chi connectivity index (χ0) is 26.2. The predicted molar refractivity (Wildman–Crippen MR) is 149 cm³/mol. The van der Waals surface area contributed by atoms with Crippen molar-refractivity contribution in [3.63, 3.8) is 0 Å². The van der Waals surface area contributed by atoms with Gasteiger partial charge in [-0.3, -0.25) is 0 Å². The fourth-order valence-corrected chi connectivity index (χ4v) is 5.40. The lowest BCUT2D eigenvalue weighted by Crippen LogP contribution is -2.50. The average molecular weight is 522 g/mol. The van der Waals surface area contributed by atoms with Crippen molar-refractivity contribution in [2.45, 2.75) is 44.5 Å². The van der Waals surface area contributed by atoms with Crippen molar-refractivity contribution < 1.29 is 14.3 Å². The quantitative estimate of drug-likeness (QED) is 0.352. The molecule has 1 fully saturated rings. The van der Waals surface area contributed by atoms with Gasteiger partial charge in [0.15, 0.2) is 5.16 Å². The monoisotopic (exact) mass is 521 g/mol. The number of hydrogen-bond acceptors (Lipinski definition) is 8. The highest BCUT2D eigenvalue weighted by atomic mass is 32.2. The maximum atomic E-state index is 12.5. The first kappa shape index (κ1) is 25.4. The zero-order valence-electron chi connectivity index (χ0n) is 22.3. The molecule has 2 aliphatic rings. The lowest BCUT2D eigenvalue weighted by atomic mass is 10.0. The van der Waals surface area contributed by atoms with Gasteiger partial charge in [-0.2, -0.15) is 0 Å². The molecule has 1 aromatic heterocycles. The normalized spacial score (nSPS) is 16.1. The number of nitrogens with zero attached hydrogens (tertiary/aromatic N) is 5. The van der Waals surface area contributed by atoms with Crippen molar-refractivity contribution in [2.24, 2.45) is 0 Å². The molecule has 0 radical (unpaired) electrons. The number of thioether (sulfide) groups is 1. The van der Waals surface area contributed by atoms with Gasteiger partial charge in [0.1, 0.15) is 17.2 Å². The summed E-state index contributed by atoms with van der Waals surface area (Å²) in [5.74, 6) is 1.86. The minimum absolute atomic E-state index is 0.247. The third kappa shape index (κ3) is 5.42. The molecule has 0 saturated carbocycles. The first-order chi connectivity index (χ1) is 17.8. The van der Waals surface area contributed by atoms with Crippen molar-refractivity contribution in [1.82, 2.24) is 14.9 Å². The number of ether oxygens (including phenoxy) is 2. The minimum atomic E-state index is -0.493. The molecule has 3 aromatic rings. The van der Waals surface area contributed by atoms with Crippen molar-refractivity contribution in [1.29, 1.82) is 0 Å². The van der Waals surface area contributed by atoms with Crippen molar-refractivity contribution in [2.75, 3.05) is 55.9 Å². The second-order valence-electron chi connectivity index (χ2n) is 10.5. The van der Waals surface area contributed by atoms with Crippen molar-refractivity contribution in [3.8, 4) is 5.75 Å². The van der Waals surface area contributed by atoms with E-state index in [0.717, 1.165) is 54.2 Å². The van der Waals surface area contributed by atoms with Crippen LogP contribution in [0.1, 0.15) is 32.0 Å². The van der Waals surface area contributed by atoms with Crippen LogP contribution < -0.4 is 14.5 Å². The highest BCUT2D eigenvalue weighted by Crippen LogP contribution is 2.36. The maximum absolute atomic E-state index is 12.5. The molecule has 1 saturated heterocycles. The molecule has 1 amide bonds. The standard InChI is InChI=1S/C28H35N5O3S/c1-28(2,3)36-27(34)32-14-12-31(13-15-32)25-22-10-11-33(18-23(22)29-26(30-25)37-5)24-17-20(35-4)16-19-8-6-7-9-21(19)24/h6-9,16-17H,10-15,18H2,1-5H3. The Morgan fingerprint density at radius 3 is 2.46 bits per heavy atom. The molecule has 2 aromatic carbocycles. The van der Waals surface area contributed by atoms with Crippen LogP contribution >= 0.6 is 11.8 Å². The van der Waals surface area contributed by atoms with Gasteiger partial charge in [-0.25, -0.2) is 14.8 Å². The minimum Gasteiger partial charge on any atom is -0.497 e. The molecular weight excluding hydrogens is 486 g/mol. The molecule has 3 heterocycles. The van der Waals surface area contributed by atoms with E-state index in [-0.39, 0.29) is 6.09 Å². The number of rotatable bonds is 4. The predicted octanol–water partition coefficient (Wildman–Crippen LogP) is 4.98. The van der Waals surface area contributed by atoms with Gasteiger partial charge in [0.2, 0.25) is 0 Å². The summed E-state index contributed by atoms with van der Waals surface area (Å²) in [5, 5.41) is 3.16. The van der Waals surface area contributed by atoms with Crippen LogP contribution in [0.4, 0.5) is 16.3 Å². The molecular formula is C28H35N5O3S. The van der Waals surface area contributed by atoms with E-state index in [1.807, 2.05) is 27.0 Å². The number of anilines is 2. The second-order valence-corrected chi connectivity index (χ2v) is 11.2. The molecule has 0 bridgehead atoms. The Labute approximate surface area is 222 Å². The van der Waals surface area contributed by atoms with E-state index < -0.39 is 5.60 Å². The van der Waals surface area contributed by atoms with Crippen LogP contribution in [0, 0.1) is 0 Å². The van der Waals surface area contributed by atoms with E-state index in [4.69, 9.17) is 19.4 Å². The van der Waals surface area contributed by atoms with E-state index in [0.29, 0.717) is 19.6 Å². The summed E-state index contributed by atoms with van der Waals surface area (Å²) in [7, 11) is 1.71. The molecule has 0 unspecified atom stereocenters. The summed E-state index contributed by atoms with van der Waals surface area (Å²) >= 11 is 1.57. The summed E-state index contributed by atoms with van der Waals surface area (Å²) in [6.07, 6.45) is 2.63. The fourth-order valence-electron chi connectivity index (χ4n) is 5.02. The molecule has 5 rings (SSSR count). The Hall–Kier alpha value is -3.20. The summed E-state index contributed by atoms with van der Waals surface area (Å²) in [4.78, 5) is 28.9. The molecule has 0 spiro atoms. The Kier molecular flexibility index (Phi) is 7.07. The van der Waals surface area contributed by atoms with Crippen LogP contribution in [0.3, 0.4) is 0 Å². The Morgan fingerprint density at radius 1 is 1.00 bits per heavy atom. The number of amides is 1. The SMILES string of the molecule is COc1cc(N2CCc3c(nc(SC)nc3N3CCN(C(=O)OC(C)(C)C)CC3)C2)c2ccccc2c1. The third-order valence-corrected chi connectivity index (χ3v) is 7.37. The topological polar surface area (TPSA) is 71.0 Å². The first-order valence-electron chi connectivity index (χ1n) is 12.7. The van der Waals surface area contributed by atoms with E-state index in [1.54, 1.807) is 23.8 Å². The Balaban J connectivity index is 1.40. The summed E-state index contributed by atoms with van der Waals surface area (Å²) in [6, 6.07) is 12.6. The largest absolute Gasteiger partial charge is 0.497 e. The van der Waals surface area contributed by atoms with Crippen LogP contribution in [0.2, 0.25) is 0 Å². The molecule has 0 N–H and O–H groups in total. The van der Waals surface area contributed by atoms with Gasteiger partial charge in [-0.15, -0.1) is 0 Å². The van der Waals surface area contributed by atoms with Crippen molar-refractivity contribution in [3.05, 3.63) is 47.7 Å². The van der Waals surface area contributed by atoms with Crippen LogP contribution in [0.25, 0.3) is 10.8 Å². The van der Waals surface area contributed by atoms with Crippen LogP contribution in [0.15, 0.2) is 41.6 Å². The van der Waals surface area contributed by atoms with Crippen LogP contribution in [0.5, 0.6) is 5.75 Å². The van der Waals surface area contributed by atoms with Gasteiger partial charge in [-0.05, 0) is 44.9 Å². The van der Waals surface area contributed by atoms with Gasteiger partial charge in [0.25, 0.3) is 0 Å². The van der Waals surface area contributed by atoms with Gasteiger partial charge >= 0.3 is 6.09 Å². The molecule has 9 heteroatoms. The van der Waals surface area contributed by atoms with Gasteiger partial charge < -0.3 is 24.2 Å². The molecule has 196 valence electrons. The van der Waals surface area contributed by atoms with Crippen molar-refractivity contribution >= 4 is 40.1 Å². The highest BCUT2D eigenvalue weighted by molar-refractivity contribution is 7.98. The smallest absolute Gasteiger partial charge is 0.410 e. The second kappa shape index (κ2) is 10.3. The number of carbonyl (C=O) groups is 1. The number of methoxy groups -OCH3 is 1. The van der Waals surface area contributed by atoms with Gasteiger partial charge in [0.05, 0.1) is 19.3 Å². The van der Waals surface area contributed by atoms with E-state index in [9.17, 15) is 4.79 Å².